The molecule has 0 bridgehead atoms. The molecule has 5 heteroatoms. The fraction of sp³-hybridized carbons (Fsp3) is 1.00. The maximum absolute atomic E-state index is 4.95. The van der Waals surface area contributed by atoms with Gasteiger partial charge in [-0.05, 0) is 55.5 Å². The molecule has 0 heterocycles. The molecule has 0 nitrogen and oxygen atoms in total. The van der Waals surface area contributed by atoms with Crippen LogP contribution >= 0.6 is 35.5 Å². The predicted molar refractivity (Wildman–Crippen MR) is 105 cm³/mol. The number of halogens is 3. The quantitative estimate of drug-likeness (QED) is 0.231. The summed E-state index contributed by atoms with van der Waals surface area (Å²) in [7, 11) is 15.2. The van der Waals surface area contributed by atoms with Crippen molar-refractivity contribution in [2.45, 2.75) is 113 Å². The van der Waals surface area contributed by atoms with E-state index in [0.717, 1.165) is 0 Å². The summed E-state index contributed by atoms with van der Waals surface area (Å²) in [6.07, 6.45) is 23.6. The molecule has 3 fully saturated rings. The van der Waals surface area contributed by atoms with E-state index in [1.54, 1.807) is 77.0 Å². The summed E-state index contributed by atoms with van der Waals surface area (Å²) in [5, 5.41) is 0. The standard InChI is InChI=1S/C18H33P.Au.3ClH/c1-4-10-16(11-5-1)19(17-12-6-2-7-13-17)18-14-8-3-9-15-18;;;;/h16-18H,1-15H2;;3*1H/q;+3;;;/p-3. The van der Waals surface area contributed by atoms with Crippen molar-refractivity contribution in [1.29, 1.82) is 0 Å². The van der Waals surface area contributed by atoms with Crippen molar-refractivity contribution in [1.82, 2.24) is 0 Å². The molecule has 0 saturated heterocycles. The molecule has 3 aliphatic rings. The van der Waals surface area contributed by atoms with Crippen LogP contribution in [0.15, 0.2) is 0 Å². The zero-order valence-electron chi connectivity index (χ0n) is 14.2. The van der Waals surface area contributed by atoms with Gasteiger partial charge in [-0.15, -0.1) is 0 Å². The van der Waals surface area contributed by atoms with Gasteiger partial charge in [0, 0.05) is 0 Å². The van der Waals surface area contributed by atoms with Crippen LogP contribution < -0.4 is 0 Å². The second-order valence-corrected chi connectivity index (χ2v) is 19.9. The van der Waals surface area contributed by atoms with Crippen LogP contribution in [0.5, 0.6) is 0 Å². The Kier molecular flexibility index (Phi) is 11.5. The third kappa shape index (κ3) is 8.07. The van der Waals surface area contributed by atoms with E-state index in [1.807, 2.05) is 0 Å². The second kappa shape index (κ2) is 12.4. The van der Waals surface area contributed by atoms with Crippen LogP contribution in [0.25, 0.3) is 0 Å². The number of rotatable bonds is 3. The van der Waals surface area contributed by atoms with Gasteiger partial charge >= 0.3 is 42.8 Å². The van der Waals surface area contributed by atoms with Gasteiger partial charge in [0.15, 0.2) is 0 Å². The Morgan fingerprint density at radius 3 is 0.913 bits per heavy atom. The Bertz CT molecular complexity index is 253. The molecule has 0 aromatic heterocycles. The average molecular weight is 584 g/mol. The van der Waals surface area contributed by atoms with Crippen molar-refractivity contribution in [3.8, 4) is 0 Å². The topological polar surface area (TPSA) is 0 Å². The van der Waals surface area contributed by atoms with E-state index < -0.39 is 15.2 Å². The number of hydrogen-bond donors (Lipinski definition) is 0. The monoisotopic (exact) mass is 582 g/mol. The predicted octanol–water partition coefficient (Wildman–Crippen LogP) is 8.53. The van der Waals surface area contributed by atoms with Gasteiger partial charge in [-0.1, -0.05) is 65.7 Å². The first-order valence-corrected chi connectivity index (χ1v) is 19.2. The number of hydrogen-bond acceptors (Lipinski definition) is 0. The molecular weight excluding hydrogens is 550 g/mol. The van der Waals surface area contributed by atoms with E-state index in [0.29, 0.717) is 7.92 Å². The van der Waals surface area contributed by atoms with Crippen molar-refractivity contribution < 1.29 is 15.2 Å². The summed E-state index contributed by atoms with van der Waals surface area (Å²) in [6, 6.07) is 0. The molecule has 0 amide bonds. The summed E-state index contributed by atoms with van der Waals surface area (Å²) >= 11 is -1.79. The Balaban J connectivity index is 0.000000433. The zero-order valence-corrected chi connectivity index (χ0v) is 19.5. The van der Waals surface area contributed by atoms with E-state index in [9.17, 15) is 0 Å². The van der Waals surface area contributed by atoms with E-state index in [4.69, 9.17) is 27.6 Å². The Morgan fingerprint density at radius 1 is 0.478 bits per heavy atom. The van der Waals surface area contributed by atoms with Gasteiger partial charge in [0.05, 0.1) is 0 Å². The van der Waals surface area contributed by atoms with Crippen molar-refractivity contribution in [3.05, 3.63) is 0 Å². The molecule has 0 aliphatic heterocycles. The molecule has 3 rings (SSSR count). The molecule has 3 saturated carbocycles. The molecule has 0 unspecified atom stereocenters. The molecule has 3 aliphatic carbocycles. The minimum atomic E-state index is -1.79. The van der Waals surface area contributed by atoms with Gasteiger partial charge in [-0.3, -0.25) is 0 Å². The van der Waals surface area contributed by atoms with E-state index >= 15 is 0 Å². The second-order valence-electron chi connectivity index (χ2n) is 7.45. The summed E-state index contributed by atoms with van der Waals surface area (Å²) < 4.78 is 0. The first-order chi connectivity index (χ1) is 11.2. The van der Waals surface area contributed by atoms with E-state index in [2.05, 4.69) is 0 Å². The van der Waals surface area contributed by atoms with Gasteiger partial charge in [0.25, 0.3) is 0 Å². The Labute approximate surface area is 163 Å². The van der Waals surface area contributed by atoms with Crippen LogP contribution in [0.3, 0.4) is 0 Å². The first-order valence-electron chi connectivity index (χ1n) is 9.57. The van der Waals surface area contributed by atoms with E-state index in [-0.39, 0.29) is 0 Å². The van der Waals surface area contributed by atoms with Crippen molar-refractivity contribution in [2.24, 2.45) is 0 Å². The Hall–Kier alpha value is 2.04. The SMILES string of the molecule is C1CCC(P(C2CCCCC2)C2CCCCC2)CC1.[Cl][Au]([Cl])[Cl]. The van der Waals surface area contributed by atoms with Gasteiger partial charge in [-0.2, -0.15) is 0 Å². The van der Waals surface area contributed by atoms with Crippen molar-refractivity contribution >= 4 is 35.5 Å². The zero-order chi connectivity index (χ0) is 16.5. The van der Waals surface area contributed by atoms with Gasteiger partial charge in [0.2, 0.25) is 0 Å². The van der Waals surface area contributed by atoms with Crippen LogP contribution in [0.2, 0.25) is 0 Å². The van der Waals surface area contributed by atoms with Crippen LogP contribution in [-0.2, 0) is 15.2 Å². The minimum absolute atomic E-state index is 0.385. The third-order valence-corrected chi connectivity index (χ3v) is 10.1. The summed E-state index contributed by atoms with van der Waals surface area (Å²) in [5.74, 6) is 0. The molecule has 0 aromatic carbocycles. The van der Waals surface area contributed by atoms with Gasteiger partial charge in [-0.25, -0.2) is 0 Å². The fourth-order valence-electron chi connectivity index (χ4n) is 5.03. The van der Waals surface area contributed by atoms with Crippen LogP contribution in [0.4, 0.5) is 0 Å². The molecule has 0 aromatic rings. The summed E-state index contributed by atoms with van der Waals surface area (Å²) in [5.41, 5.74) is 3.57. The molecule has 23 heavy (non-hydrogen) atoms. The van der Waals surface area contributed by atoms with Gasteiger partial charge < -0.3 is 0 Å². The van der Waals surface area contributed by atoms with Crippen molar-refractivity contribution in [3.63, 3.8) is 0 Å². The van der Waals surface area contributed by atoms with Crippen LogP contribution in [-0.4, -0.2) is 17.0 Å². The maximum atomic E-state index is 4.95. The van der Waals surface area contributed by atoms with Gasteiger partial charge in [0.1, 0.15) is 0 Å². The molecule has 0 radical (unpaired) electrons. The van der Waals surface area contributed by atoms with Crippen LogP contribution in [0, 0.1) is 0 Å². The summed E-state index contributed by atoms with van der Waals surface area (Å²) in [6.45, 7) is 0. The summed E-state index contributed by atoms with van der Waals surface area (Å²) in [4.78, 5) is 0. The molecule has 142 valence electrons. The molecule has 0 atom stereocenters. The molecule has 0 N–H and O–H groups in total. The molecular formula is C18H33AuCl3P. The normalized spacial score (nSPS) is 25.8. The third-order valence-electron chi connectivity index (χ3n) is 5.99. The van der Waals surface area contributed by atoms with Crippen LogP contribution in [0.1, 0.15) is 96.3 Å². The average Bonchev–Trinajstić information content (AvgIpc) is 2.58. The Morgan fingerprint density at radius 2 is 0.696 bits per heavy atom. The molecule has 0 spiro atoms. The van der Waals surface area contributed by atoms with E-state index in [1.165, 1.54) is 36.2 Å². The first kappa shape index (κ1) is 21.3. The van der Waals surface area contributed by atoms with Crippen molar-refractivity contribution in [2.75, 3.05) is 0 Å². The fourth-order valence-corrected chi connectivity index (χ4v) is 9.71.